The Bertz CT molecular complexity index is 808. The lowest BCUT2D eigenvalue weighted by atomic mass is 9.98. The van der Waals surface area contributed by atoms with Crippen LogP contribution < -0.4 is 0 Å². The number of hydrogen-bond acceptors (Lipinski definition) is 3. The first kappa shape index (κ1) is 19.4. The summed E-state index contributed by atoms with van der Waals surface area (Å²) >= 11 is 0. The normalized spacial score (nSPS) is 17.7. The highest BCUT2D eigenvalue weighted by molar-refractivity contribution is 5.95. The molecular weight excluding hydrogens is 336 g/mol. The van der Waals surface area contributed by atoms with Crippen LogP contribution in [-0.4, -0.2) is 54.0 Å². The average Bonchev–Trinajstić information content (AvgIpc) is 2.67. The van der Waals surface area contributed by atoms with Gasteiger partial charge in [-0.2, -0.15) is 0 Å². The zero-order valence-electron chi connectivity index (χ0n) is 16.8. The second-order valence-electron chi connectivity index (χ2n) is 7.86. The van der Waals surface area contributed by atoms with E-state index in [0.717, 1.165) is 41.8 Å². The minimum atomic E-state index is 0.0584. The Balaban J connectivity index is 1.79. The van der Waals surface area contributed by atoms with Crippen molar-refractivity contribution in [3.63, 3.8) is 0 Å². The maximum absolute atomic E-state index is 13.0. The highest BCUT2D eigenvalue weighted by Crippen LogP contribution is 2.29. The third-order valence-electron chi connectivity index (χ3n) is 5.69. The number of carbonyl (C=O) groups excluding carboxylic acids is 1. The van der Waals surface area contributed by atoms with Crippen LogP contribution in [0, 0.1) is 13.8 Å². The molecule has 3 rings (SSSR count). The molecule has 2 aromatic rings. The molecule has 0 saturated carbocycles. The number of nitrogens with zero attached hydrogens (tertiary/aromatic N) is 2. The first-order valence-corrected chi connectivity index (χ1v) is 9.73. The fourth-order valence-electron chi connectivity index (χ4n) is 3.95. The molecule has 2 aromatic carbocycles. The molecule has 1 heterocycles. The summed E-state index contributed by atoms with van der Waals surface area (Å²) in [6.45, 7) is 5.67. The van der Waals surface area contributed by atoms with Gasteiger partial charge in [0.05, 0.1) is 0 Å². The van der Waals surface area contributed by atoms with Crippen molar-refractivity contribution < 1.29 is 9.90 Å². The van der Waals surface area contributed by atoms with E-state index in [2.05, 4.69) is 11.9 Å². The van der Waals surface area contributed by atoms with Crippen LogP contribution in [0.5, 0.6) is 5.75 Å². The van der Waals surface area contributed by atoms with Crippen LogP contribution in [0.25, 0.3) is 11.1 Å². The predicted molar refractivity (Wildman–Crippen MR) is 110 cm³/mol. The van der Waals surface area contributed by atoms with Gasteiger partial charge in [-0.25, -0.2) is 0 Å². The molecule has 0 spiro atoms. The van der Waals surface area contributed by atoms with Crippen LogP contribution in [-0.2, 0) is 0 Å². The van der Waals surface area contributed by atoms with Crippen LogP contribution in [0.15, 0.2) is 36.4 Å². The maximum atomic E-state index is 13.0. The summed E-state index contributed by atoms with van der Waals surface area (Å²) in [6, 6.07) is 12.1. The van der Waals surface area contributed by atoms with Crippen molar-refractivity contribution in [2.75, 3.05) is 27.2 Å². The summed E-state index contributed by atoms with van der Waals surface area (Å²) in [5, 5.41) is 10.0. The third kappa shape index (κ3) is 4.33. The van der Waals surface area contributed by atoms with Gasteiger partial charge in [-0.3, -0.25) is 4.79 Å². The molecule has 0 radical (unpaired) electrons. The van der Waals surface area contributed by atoms with Gasteiger partial charge in [0.15, 0.2) is 0 Å². The maximum Gasteiger partial charge on any atom is 0.253 e. The van der Waals surface area contributed by atoms with E-state index in [4.69, 9.17) is 0 Å². The van der Waals surface area contributed by atoms with Crippen molar-refractivity contribution in [2.45, 2.75) is 39.2 Å². The van der Waals surface area contributed by atoms with E-state index in [9.17, 15) is 9.90 Å². The molecule has 0 unspecified atom stereocenters. The SMILES string of the molecule is Cc1cc(-c2cccc(C(=O)N(C)C[C@@H]3CCCCN3C)c2)cc(C)c1O. The summed E-state index contributed by atoms with van der Waals surface area (Å²) in [5.41, 5.74) is 4.41. The number of aryl methyl sites for hydroxylation is 2. The van der Waals surface area contributed by atoms with Gasteiger partial charge in [0.2, 0.25) is 0 Å². The Morgan fingerprint density at radius 2 is 1.85 bits per heavy atom. The van der Waals surface area contributed by atoms with Gasteiger partial charge in [0.1, 0.15) is 5.75 Å². The van der Waals surface area contributed by atoms with Crippen molar-refractivity contribution in [3.8, 4) is 16.9 Å². The number of amides is 1. The molecule has 1 aliphatic rings. The molecule has 0 aromatic heterocycles. The first-order chi connectivity index (χ1) is 12.9. The summed E-state index contributed by atoms with van der Waals surface area (Å²) in [4.78, 5) is 17.2. The number of likely N-dealkylation sites (N-methyl/N-ethyl adjacent to an activating group) is 2. The molecule has 0 bridgehead atoms. The van der Waals surface area contributed by atoms with E-state index in [1.807, 2.05) is 62.2 Å². The van der Waals surface area contributed by atoms with E-state index < -0.39 is 0 Å². The largest absolute Gasteiger partial charge is 0.507 e. The monoisotopic (exact) mass is 366 g/mol. The number of hydrogen-bond donors (Lipinski definition) is 1. The Kier molecular flexibility index (Phi) is 5.85. The van der Waals surface area contributed by atoms with Gasteiger partial charge < -0.3 is 14.9 Å². The van der Waals surface area contributed by atoms with Crippen LogP contribution in [0.2, 0.25) is 0 Å². The van der Waals surface area contributed by atoms with E-state index >= 15 is 0 Å². The second kappa shape index (κ2) is 8.13. The summed E-state index contributed by atoms with van der Waals surface area (Å²) in [7, 11) is 4.05. The minimum Gasteiger partial charge on any atom is -0.507 e. The van der Waals surface area contributed by atoms with E-state index in [1.54, 1.807) is 0 Å². The van der Waals surface area contributed by atoms with Crippen molar-refractivity contribution in [1.82, 2.24) is 9.80 Å². The number of piperidine rings is 1. The van der Waals surface area contributed by atoms with Crippen molar-refractivity contribution >= 4 is 5.91 Å². The van der Waals surface area contributed by atoms with E-state index in [0.29, 0.717) is 17.4 Å². The average molecular weight is 367 g/mol. The molecule has 144 valence electrons. The second-order valence-corrected chi connectivity index (χ2v) is 7.86. The van der Waals surface area contributed by atoms with Crippen LogP contribution in [0.1, 0.15) is 40.7 Å². The van der Waals surface area contributed by atoms with Gasteiger partial charge >= 0.3 is 0 Å². The lowest BCUT2D eigenvalue weighted by Crippen LogP contribution is -2.45. The molecule has 27 heavy (non-hydrogen) atoms. The van der Waals surface area contributed by atoms with Crippen molar-refractivity contribution in [2.24, 2.45) is 0 Å². The molecule has 1 fully saturated rings. The number of likely N-dealkylation sites (tertiary alicyclic amines) is 1. The highest BCUT2D eigenvalue weighted by Gasteiger charge is 2.23. The van der Waals surface area contributed by atoms with Gasteiger partial charge in [-0.05, 0) is 86.8 Å². The number of aromatic hydroxyl groups is 1. The van der Waals surface area contributed by atoms with Gasteiger partial charge in [-0.1, -0.05) is 18.6 Å². The lowest BCUT2D eigenvalue weighted by Gasteiger charge is -2.35. The zero-order chi connectivity index (χ0) is 19.6. The molecular formula is C23H30N2O2. The number of carbonyl (C=O) groups is 1. The lowest BCUT2D eigenvalue weighted by molar-refractivity contribution is 0.0717. The number of rotatable bonds is 4. The first-order valence-electron chi connectivity index (χ1n) is 9.73. The molecule has 1 amide bonds. The number of benzene rings is 2. The predicted octanol–water partition coefficient (Wildman–Crippen LogP) is 4.23. The highest BCUT2D eigenvalue weighted by atomic mass is 16.3. The Hall–Kier alpha value is -2.33. The standard InChI is InChI=1S/C23H30N2O2/c1-16-12-20(13-17(2)22(16)26)18-8-7-9-19(14-18)23(27)25(4)15-21-10-5-6-11-24(21)3/h7-9,12-14,21,26H,5-6,10-11,15H2,1-4H3/t21-/m0/s1. The van der Waals surface area contributed by atoms with Crippen LogP contribution in [0.4, 0.5) is 0 Å². The summed E-state index contributed by atoms with van der Waals surface area (Å²) in [5.74, 6) is 0.394. The van der Waals surface area contributed by atoms with Gasteiger partial charge in [0, 0.05) is 25.2 Å². The molecule has 1 aliphatic heterocycles. The fourth-order valence-corrected chi connectivity index (χ4v) is 3.95. The van der Waals surface area contributed by atoms with Gasteiger partial charge in [-0.15, -0.1) is 0 Å². The Morgan fingerprint density at radius 1 is 1.15 bits per heavy atom. The molecule has 4 heteroatoms. The number of phenols is 1. The van der Waals surface area contributed by atoms with Gasteiger partial charge in [0.25, 0.3) is 5.91 Å². The number of phenolic OH excluding ortho intramolecular Hbond substituents is 1. The Morgan fingerprint density at radius 3 is 2.52 bits per heavy atom. The van der Waals surface area contributed by atoms with E-state index in [-0.39, 0.29) is 5.91 Å². The van der Waals surface area contributed by atoms with Crippen LogP contribution in [0.3, 0.4) is 0 Å². The Labute approximate surface area is 162 Å². The molecule has 0 aliphatic carbocycles. The van der Waals surface area contributed by atoms with E-state index in [1.165, 1.54) is 12.8 Å². The molecule has 1 N–H and O–H groups in total. The minimum absolute atomic E-state index is 0.0584. The zero-order valence-corrected chi connectivity index (χ0v) is 16.8. The molecule has 4 nitrogen and oxygen atoms in total. The molecule has 1 saturated heterocycles. The quantitative estimate of drug-likeness (QED) is 0.880. The smallest absolute Gasteiger partial charge is 0.253 e. The fraction of sp³-hybridized carbons (Fsp3) is 0.435. The molecule has 1 atom stereocenters. The third-order valence-corrected chi connectivity index (χ3v) is 5.69. The van der Waals surface area contributed by atoms with Crippen molar-refractivity contribution in [1.29, 1.82) is 0 Å². The van der Waals surface area contributed by atoms with Crippen molar-refractivity contribution in [3.05, 3.63) is 53.1 Å². The van der Waals surface area contributed by atoms with Crippen LogP contribution >= 0.6 is 0 Å². The topological polar surface area (TPSA) is 43.8 Å². The summed E-state index contributed by atoms with van der Waals surface area (Å²) < 4.78 is 0. The summed E-state index contributed by atoms with van der Waals surface area (Å²) in [6.07, 6.45) is 3.64.